The summed E-state index contributed by atoms with van der Waals surface area (Å²) < 4.78 is 11.1. The highest BCUT2D eigenvalue weighted by Gasteiger charge is 2.09. The van der Waals surface area contributed by atoms with Gasteiger partial charge in [0.05, 0.1) is 18.8 Å². The lowest BCUT2D eigenvalue weighted by atomic mass is 10.0. The molecule has 21 heavy (non-hydrogen) atoms. The van der Waals surface area contributed by atoms with Gasteiger partial charge < -0.3 is 14.6 Å². The third-order valence-electron chi connectivity index (χ3n) is 2.99. The zero-order chi connectivity index (χ0) is 15.2. The van der Waals surface area contributed by atoms with E-state index in [9.17, 15) is 5.11 Å². The Morgan fingerprint density at radius 1 is 0.952 bits per heavy atom. The second-order valence-corrected chi connectivity index (χ2v) is 4.37. The molecule has 0 heterocycles. The number of phenols is 1. The fourth-order valence-electron chi connectivity index (χ4n) is 2.04. The molecule has 108 valence electrons. The third-order valence-corrected chi connectivity index (χ3v) is 2.99. The van der Waals surface area contributed by atoms with E-state index in [1.807, 2.05) is 38.1 Å². The van der Waals surface area contributed by atoms with Crippen LogP contribution in [0.15, 0.2) is 36.4 Å². The highest BCUT2D eigenvalue weighted by Crippen LogP contribution is 2.34. The molecular weight excluding hydrogens is 266 g/mol. The van der Waals surface area contributed by atoms with Crippen molar-refractivity contribution in [1.29, 1.82) is 5.26 Å². The van der Waals surface area contributed by atoms with Crippen molar-refractivity contribution in [3.63, 3.8) is 0 Å². The first-order valence-electron chi connectivity index (χ1n) is 6.82. The van der Waals surface area contributed by atoms with Gasteiger partial charge in [0.2, 0.25) is 0 Å². The van der Waals surface area contributed by atoms with Crippen LogP contribution in [-0.4, -0.2) is 18.3 Å². The Balaban J connectivity index is 2.45. The van der Waals surface area contributed by atoms with Crippen LogP contribution in [0.2, 0.25) is 0 Å². The summed E-state index contributed by atoms with van der Waals surface area (Å²) in [6.45, 7) is 4.94. The van der Waals surface area contributed by atoms with Crippen LogP contribution in [0.5, 0.6) is 17.2 Å². The summed E-state index contributed by atoms with van der Waals surface area (Å²) in [5, 5.41) is 18.6. The lowest BCUT2D eigenvalue weighted by molar-refractivity contribution is 0.288. The van der Waals surface area contributed by atoms with Gasteiger partial charge >= 0.3 is 0 Å². The van der Waals surface area contributed by atoms with E-state index < -0.39 is 0 Å². The van der Waals surface area contributed by atoms with Crippen molar-refractivity contribution < 1.29 is 14.6 Å². The summed E-state index contributed by atoms with van der Waals surface area (Å²) in [7, 11) is 0. The van der Waals surface area contributed by atoms with E-state index in [0.717, 1.165) is 11.1 Å². The molecule has 0 atom stereocenters. The molecule has 2 rings (SSSR count). The van der Waals surface area contributed by atoms with Gasteiger partial charge in [0.15, 0.2) is 11.5 Å². The van der Waals surface area contributed by atoms with Crippen LogP contribution < -0.4 is 9.47 Å². The minimum atomic E-state index is -0.0165. The number of benzene rings is 2. The fraction of sp³-hybridized carbons (Fsp3) is 0.235. The predicted molar refractivity (Wildman–Crippen MR) is 80.6 cm³/mol. The first kappa shape index (κ1) is 14.7. The number of aromatic hydroxyl groups is 1. The van der Waals surface area contributed by atoms with Gasteiger partial charge in [-0.15, -0.1) is 0 Å². The number of hydrogen-bond donors (Lipinski definition) is 1. The van der Waals surface area contributed by atoms with Crippen molar-refractivity contribution in [2.45, 2.75) is 13.8 Å². The Labute approximate surface area is 124 Å². The van der Waals surface area contributed by atoms with E-state index in [0.29, 0.717) is 24.7 Å². The van der Waals surface area contributed by atoms with Crippen LogP contribution in [0, 0.1) is 11.3 Å². The Hall–Kier alpha value is -2.67. The van der Waals surface area contributed by atoms with E-state index in [1.54, 1.807) is 12.1 Å². The standard InChI is InChI=1S/C17H17NO3/c1-3-20-16-8-6-13(10-17(16)21-4-2)12-5-7-15(19)14(9-12)11-18/h5-10,19H,3-4H2,1-2H3. The lowest BCUT2D eigenvalue weighted by Gasteiger charge is -2.12. The summed E-state index contributed by atoms with van der Waals surface area (Å²) in [4.78, 5) is 0. The minimum Gasteiger partial charge on any atom is -0.507 e. The normalized spacial score (nSPS) is 9.95. The summed E-state index contributed by atoms with van der Waals surface area (Å²) >= 11 is 0. The van der Waals surface area contributed by atoms with Crippen LogP contribution in [0.4, 0.5) is 0 Å². The number of nitrogens with zero attached hydrogens (tertiary/aromatic N) is 1. The van der Waals surface area contributed by atoms with Crippen molar-refractivity contribution in [2.24, 2.45) is 0 Å². The Morgan fingerprint density at radius 3 is 2.24 bits per heavy atom. The maximum absolute atomic E-state index is 9.57. The molecule has 2 aromatic carbocycles. The van der Waals surface area contributed by atoms with E-state index in [4.69, 9.17) is 14.7 Å². The maximum atomic E-state index is 9.57. The Kier molecular flexibility index (Phi) is 4.68. The molecule has 1 N–H and O–H groups in total. The van der Waals surface area contributed by atoms with Gasteiger partial charge in [0.1, 0.15) is 11.8 Å². The number of rotatable bonds is 5. The molecule has 0 bridgehead atoms. The Morgan fingerprint density at radius 2 is 1.57 bits per heavy atom. The summed E-state index contributed by atoms with van der Waals surface area (Å²) in [5.74, 6) is 1.35. The average Bonchev–Trinajstić information content (AvgIpc) is 2.50. The number of nitriles is 1. The SMILES string of the molecule is CCOc1ccc(-c2ccc(O)c(C#N)c2)cc1OCC. The lowest BCUT2D eigenvalue weighted by Crippen LogP contribution is -1.98. The molecule has 0 amide bonds. The van der Waals surface area contributed by atoms with Crippen LogP contribution in [0.3, 0.4) is 0 Å². The van der Waals surface area contributed by atoms with Crippen molar-refractivity contribution >= 4 is 0 Å². The highest BCUT2D eigenvalue weighted by molar-refractivity contribution is 5.70. The first-order chi connectivity index (χ1) is 10.2. The highest BCUT2D eigenvalue weighted by atomic mass is 16.5. The number of phenolic OH excluding ortho intramolecular Hbond substituents is 1. The van der Waals surface area contributed by atoms with E-state index in [1.165, 1.54) is 6.07 Å². The van der Waals surface area contributed by atoms with Crippen LogP contribution >= 0.6 is 0 Å². The molecule has 0 aliphatic rings. The van der Waals surface area contributed by atoms with Crippen LogP contribution in [-0.2, 0) is 0 Å². The van der Waals surface area contributed by atoms with Gasteiger partial charge in [-0.3, -0.25) is 0 Å². The number of hydrogen-bond acceptors (Lipinski definition) is 4. The predicted octanol–water partition coefficient (Wildman–Crippen LogP) is 3.73. The molecule has 0 saturated heterocycles. The van der Waals surface area contributed by atoms with Gasteiger partial charge in [0.25, 0.3) is 0 Å². The molecule has 0 aliphatic carbocycles. The average molecular weight is 283 g/mol. The zero-order valence-corrected chi connectivity index (χ0v) is 12.1. The molecule has 4 nitrogen and oxygen atoms in total. The van der Waals surface area contributed by atoms with Gasteiger partial charge in [-0.2, -0.15) is 5.26 Å². The monoisotopic (exact) mass is 283 g/mol. The van der Waals surface area contributed by atoms with Crippen molar-refractivity contribution in [1.82, 2.24) is 0 Å². The molecule has 0 spiro atoms. The quantitative estimate of drug-likeness (QED) is 0.908. The topological polar surface area (TPSA) is 62.5 Å². The summed E-state index contributed by atoms with van der Waals surface area (Å²) in [5.41, 5.74) is 1.99. The zero-order valence-electron chi connectivity index (χ0n) is 12.1. The van der Waals surface area contributed by atoms with E-state index >= 15 is 0 Å². The van der Waals surface area contributed by atoms with Gasteiger partial charge in [-0.05, 0) is 49.2 Å². The molecule has 0 aliphatic heterocycles. The molecule has 0 radical (unpaired) electrons. The van der Waals surface area contributed by atoms with Crippen LogP contribution in [0.25, 0.3) is 11.1 Å². The maximum Gasteiger partial charge on any atom is 0.161 e. The first-order valence-corrected chi connectivity index (χ1v) is 6.82. The van der Waals surface area contributed by atoms with Gasteiger partial charge in [0, 0.05) is 0 Å². The van der Waals surface area contributed by atoms with Crippen molar-refractivity contribution in [3.8, 4) is 34.4 Å². The van der Waals surface area contributed by atoms with Crippen LogP contribution in [0.1, 0.15) is 19.4 Å². The molecule has 0 saturated carbocycles. The molecular formula is C17H17NO3. The smallest absolute Gasteiger partial charge is 0.161 e. The summed E-state index contributed by atoms with van der Waals surface area (Å²) in [6.07, 6.45) is 0. The minimum absolute atomic E-state index is 0.0165. The third kappa shape index (κ3) is 3.26. The fourth-order valence-corrected chi connectivity index (χ4v) is 2.04. The number of ether oxygens (including phenoxy) is 2. The second kappa shape index (κ2) is 6.67. The Bertz CT molecular complexity index is 674. The van der Waals surface area contributed by atoms with E-state index in [-0.39, 0.29) is 11.3 Å². The van der Waals surface area contributed by atoms with Gasteiger partial charge in [-0.1, -0.05) is 12.1 Å². The van der Waals surface area contributed by atoms with Gasteiger partial charge in [-0.25, -0.2) is 0 Å². The molecule has 4 heteroatoms. The molecule has 0 aromatic heterocycles. The summed E-state index contributed by atoms with van der Waals surface area (Å²) in [6, 6.07) is 12.5. The van der Waals surface area contributed by atoms with Crippen molar-refractivity contribution in [3.05, 3.63) is 42.0 Å². The molecule has 0 unspecified atom stereocenters. The largest absolute Gasteiger partial charge is 0.507 e. The molecule has 0 fully saturated rings. The van der Waals surface area contributed by atoms with Crippen molar-refractivity contribution in [2.75, 3.05) is 13.2 Å². The second-order valence-electron chi connectivity index (χ2n) is 4.37. The van der Waals surface area contributed by atoms with E-state index in [2.05, 4.69) is 0 Å². The molecule has 2 aromatic rings.